The standard InChI is InChI=1S/C11H11ClN4/c12-10-3-1-8(2-4-10)11(16-13)9-5-6-14-15-7-9/h1-7,11,16H,13H2. The number of hydrazine groups is 1. The van der Waals surface area contributed by atoms with E-state index in [9.17, 15) is 0 Å². The highest BCUT2D eigenvalue weighted by atomic mass is 35.5. The minimum absolute atomic E-state index is 0.104. The minimum Gasteiger partial charge on any atom is -0.271 e. The third-order valence-corrected chi connectivity index (χ3v) is 2.56. The largest absolute Gasteiger partial charge is 0.271 e. The van der Waals surface area contributed by atoms with E-state index in [4.69, 9.17) is 17.4 Å². The number of aromatic nitrogens is 2. The lowest BCUT2D eigenvalue weighted by atomic mass is 10.0. The Morgan fingerprint density at radius 2 is 1.81 bits per heavy atom. The molecule has 16 heavy (non-hydrogen) atoms. The van der Waals surface area contributed by atoms with E-state index in [-0.39, 0.29) is 6.04 Å². The summed E-state index contributed by atoms with van der Waals surface area (Å²) in [6.45, 7) is 0. The van der Waals surface area contributed by atoms with E-state index in [1.807, 2.05) is 30.3 Å². The Balaban J connectivity index is 2.33. The van der Waals surface area contributed by atoms with Gasteiger partial charge < -0.3 is 0 Å². The van der Waals surface area contributed by atoms with Crippen LogP contribution >= 0.6 is 11.6 Å². The molecule has 82 valence electrons. The number of nitrogens with zero attached hydrogens (tertiary/aromatic N) is 2. The SMILES string of the molecule is NNC(c1ccc(Cl)cc1)c1ccnnc1. The lowest BCUT2D eigenvalue weighted by Gasteiger charge is -2.15. The van der Waals surface area contributed by atoms with E-state index in [0.717, 1.165) is 11.1 Å². The molecule has 1 aromatic carbocycles. The van der Waals surface area contributed by atoms with Gasteiger partial charge >= 0.3 is 0 Å². The summed E-state index contributed by atoms with van der Waals surface area (Å²) in [5.41, 5.74) is 4.73. The van der Waals surface area contributed by atoms with Crippen LogP contribution < -0.4 is 11.3 Å². The maximum atomic E-state index is 5.83. The van der Waals surface area contributed by atoms with Crippen LogP contribution in [0.2, 0.25) is 5.02 Å². The molecule has 0 radical (unpaired) electrons. The summed E-state index contributed by atoms with van der Waals surface area (Å²) in [5.74, 6) is 5.54. The highest BCUT2D eigenvalue weighted by molar-refractivity contribution is 6.30. The molecule has 0 fully saturated rings. The Morgan fingerprint density at radius 1 is 1.06 bits per heavy atom. The van der Waals surface area contributed by atoms with Crippen LogP contribution in [-0.4, -0.2) is 10.2 Å². The van der Waals surface area contributed by atoms with Crippen molar-refractivity contribution in [3.05, 3.63) is 58.9 Å². The molecule has 1 atom stereocenters. The highest BCUT2D eigenvalue weighted by Gasteiger charge is 2.11. The smallest absolute Gasteiger partial charge is 0.0726 e. The van der Waals surface area contributed by atoms with E-state index in [1.165, 1.54) is 0 Å². The number of rotatable bonds is 3. The Kier molecular flexibility index (Phi) is 3.46. The van der Waals surface area contributed by atoms with Gasteiger partial charge in [-0.25, -0.2) is 5.43 Å². The molecular weight excluding hydrogens is 224 g/mol. The van der Waals surface area contributed by atoms with Crippen LogP contribution in [0, 0.1) is 0 Å². The number of hydrogen-bond acceptors (Lipinski definition) is 4. The van der Waals surface area contributed by atoms with Crippen LogP contribution in [0.5, 0.6) is 0 Å². The first-order valence-electron chi connectivity index (χ1n) is 4.79. The second-order valence-electron chi connectivity index (χ2n) is 3.33. The molecule has 5 heteroatoms. The van der Waals surface area contributed by atoms with Gasteiger partial charge in [0.1, 0.15) is 0 Å². The molecule has 2 rings (SSSR count). The average Bonchev–Trinajstić information content (AvgIpc) is 2.34. The Labute approximate surface area is 98.4 Å². The molecule has 2 aromatic rings. The van der Waals surface area contributed by atoms with Gasteiger partial charge in [0.15, 0.2) is 0 Å². The van der Waals surface area contributed by atoms with E-state index in [1.54, 1.807) is 12.4 Å². The van der Waals surface area contributed by atoms with Crippen molar-refractivity contribution in [1.29, 1.82) is 0 Å². The number of nitrogens with one attached hydrogen (secondary N) is 1. The molecule has 1 unspecified atom stereocenters. The predicted octanol–water partition coefficient (Wildman–Crippen LogP) is 1.68. The zero-order chi connectivity index (χ0) is 11.4. The van der Waals surface area contributed by atoms with Crippen molar-refractivity contribution in [2.24, 2.45) is 5.84 Å². The summed E-state index contributed by atoms with van der Waals surface area (Å²) in [4.78, 5) is 0. The van der Waals surface area contributed by atoms with Crippen molar-refractivity contribution in [3.8, 4) is 0 Å². The molecule has 0 saturated carbocycles. The monoisotopic (exact) mass is 234 g/mol. The predicted molar refractivity (Wildman–Crippen MR) is 62.7 cm³/mol. The molecule has 3 N–H and O–H groups in total. The van der Waals surface area contributed by atoms with Gasteiger partial charge in [0.25, 0.3) is 0 Å². The summed E-state index contributed by atoms with van der Waals surface area (Å²) < 4.78 is 0. The fourth-order valence-electron chi connectivity index (χ4n) is 1.51. The van der Waals surface area contributed by atoms with Gasteiger partial charge in [-0.3, -0.25) is 5.84 Å². The summed E-state index contributed by atoms with van der Waals surface area (Å²) in [7, 11) is 0. The van der Waals surface area contributed by atoms with E-state index < -0.39 is 0 Å². The minimum atomic E-state index is -0.104. The lowest BCUT2D eigenvalue weighted by Crippen LogP contribution is -2.28. The zero-order valence-corrected chi connectivity index (χ0v) is 9.22. The van der Waals surface area contributed by atoms with Crippen molar-refractivity contribution < 1.29 is 0 Å². The second kappa shape index (κ2) is 5.03. The zero-order valence-electron chi connectivity index (χ0n) is 8.47. The van der Waals surface area contributed by atoms with E-state index >= 15 is 0 Å². The number of nitrogens with two attached hydrogens (primary N) is 1. The van der Waals surface area contributed by atoms with Gasteiger partial charge in [-0.15, -0.1) is 0 Å². The third kappa shape index (κ3) is 2.36. The Bertz CT molecular complexity index is 443. The summed E-state index contributed by atoms with van der Waals surface area (Å²) in [6.07, 6.45) is 3.31. The van der Waals surface area contributed by atoms with Crippen molar-refractivity contribution >= 4 is 11.6 Å². The van der Waals surface area contributed by atoms with Gasteiger partial charge in [-0.05, 0) is 29.3 Å². The van der Waals surface area contributed by atoms with Gasteiger partial charge in [0, 0.05) is 11.2 Å². The van der Waals surface area contributed by atoms with Gasteiger partial charge in [0.2, 0.25) is 0 Å². The van der Waals surface area contributed by atoms with Crippen molar-refractivity contribution in [2.75, 3.05) is 0 Å². The fraction of sp³-hybridized carbons (Fsp3) is 0.0909. The molecule has 0 aliphatic rings. The topological polar surface area (TPSA) is 63.8 Å². The van der Waals surface area contributed by atoms with Crippen molar-refractivity contribution in [2.45, 2.75) is 6.04 Å². The molecule has 4 nitrogen and oxygen atoms in total. The van der Waals surface area contributed by atoms with Gasteiger partial charge in [-0.1, -0.05) is 23.7 Å². The molecule has 0 saturated heterocycles. The number of hydrogen-bond donors (Lipinski definition) is 2. The van der Waals surface area contributed by atoms with Crippen LogP contribution in [0.4, 0.5) is 0 Å². The Hall–Kier alpha value is -1.49. The Morgan fingerprint density at radius 3 is 2.38 bits per heavy atom. The van der Waals surface area contributed by atoms with Crippen LogP contribution in [-0.2, 0) is 0 Å². The third-order valence-electron chi connectivity index (χ3n) is 2.31. The van der Waals surface area contributed by atoms with Gasteiger partial charge in [-0.2, -0.15) is 10.2 Å². The average molecular weight is 235 g/mol. The molecule has 0 amide bonds. The maximum Gasteiger partial charge on any atom is 0.0726 e. The van der Waals surface area contributed by atoms with E-state index in [2.05, 4.69) is 15.6 Å². The van der Waals surface area contributed by atoms with Crippen LogP contribution in [0.3, 0.4) is 0 Å². The fourth-order valence-corrected chi connectivity index (χ4v) is 1.64. The first-order chi connectivity index (χ1) is 7.81. The first-order valence-corrected chi connectivity index (χ1v) is 5.17. The summed E-state index contributed by atoms with van der Waals surface area (Å²) >= 11 is 5.83. The second-order valence-corrected chi connectivity index (χ2v) is 3.76. The number of benzene rings is 1. The van der Waals surface area contributed by atoms with E-state index in [0.29, 0.717) is 5.02 Å². The molecule has 1 aromatic heterocycles. The first kappa shape index (κ1) is 11.0. The quantitative estimate of drug-likeness (QED) is 0.627. The van der Waals surface area contributed by atoms with Crippen molar-refractivity contribution in [1.82, 2.24) is 15.6 Å². The molecule has 1 heterocycles. The van der Waals surface area contributed by atoms with Crippen molar-refractivity contribution in [3.63, 3.8) is 0 Å². The maximum absolute atomic E-state index is 5.83. The van der Waals surface area contributed by atoms with Crippen LogP contribution in [0.25, 0.3) is 0 Å². The highest BCUT2D eigenvalue weighted by Crippen LogP contribution is 2.21. The molecular formula is C11H11ClN4. The number of halogens is 1. The normalized spacial score (nSPS) is 12.4. The summed E-state index contributed by atoms with van der Waals surface area (Å²) in [5, 5.41) is 8.26. The molecule has 0 bridgehead atoms. The molecule has 0 aliphatic carbocycles. The van der Waals surface area contributed by atoms with Gasteiger partial charge in [0.05, 0.1) is 12.2 Å². The van der Waals surface area contributed by atoms with Crippen LogP contribution in [0.15, 0.2) is 42.7 Å². The summed E-state index contributed by atoms with van der Waals surface area (Å²) in [6, 6.07) is 9.27. The lowest BCUT2D eigenvalue weighted by molar-refractivity contribution is 0.632. The molecule has 0 aliphatic heterocycles. The molecule has 0 spiro atoms. The van der Waals surface area contributed by atoms with Crippen LogP contribution in [0.1, 0.15) is 17.2 Å².